The van der Waals surface area contributed by atoms with E-state index in [1.807, 2.05) is 0 Å². The van der Waals surface area contributed by atoms with Crippen LogP contribution in [-0.4, -0.2) is 94.2 Å². The number of aliphatic hydroxyl groups excluding tert-OH is 1. The lowest BCUT2D eigenvalue weighted by Gasteiger charge is -2.23. The number of guanidine groups is 1. The molecule has 0 aromatic rings. The SMILES string of the molecule is CCCCCCCCCCCCCCCC(=O)N[C@@H](CO)C(=O)N[C@@H](CC(=O)O)C(=O)N[C@@H](C)C(=O)N[C@@H](CCCN=C(N)N)C(=O)O. The Morgan fingerprint density at radius 2 is 1.15 bits per heavy atom. The Labute approximate surface area is 283 Å². The summed E-state index contributed by atoms with van der Waals surface area (Å²) in [6.45, 7) is 2.80. The van der Waals surface area contributed by atoms with E-state index in [1.165, 1.54) is 58.3 Å². The van der Waals surface area contributed by atoms with E-state index in [0.717, 1.165) is 25.7 Å². The molecule has 0 saturated carbocycles. The van der Waals surface area contributed by atoms with Gasteiger partial charge in [-0.3, -0.25) is 29.0 Å². The highest BCUT2D eigenvalue weighted by atomic mass is 16.4. The number of unbranched alkanes of at least 4 members (excludes halogenated alkanes) is 12. The van der Waals surface area contributed by atoms with Crippen LogP contribution in [0.25, 0.3) is 0 Å². The number of carboxylic acids is 2. The molecule has 4 atom stereocenters. The fourth-order valence-corrected chi connectivity index (χ4v) is 4.86. The van der Waals surface area contributed by atoms with Gasteiger partial charge in [0.1, 0.15) is 24.2 Å². The van der Waals surface area contributed by atoms with Crippen LogP contribution < -0.4 is 32.7 Å². The van der Waals surface area contributed by atoms with Gasteiger partial charge >= 0.3 is 11.9 Å². The molecule has 0 unspecified atom stereocenters. The van der Waals surface area contributed by atoms with Crippen molar-refractivity contribution in [1.82, 2.24) is 21.3 Å². The molecule has 0 spiro atoms. The van der Waals surface area contributed by atoms with Crippen molar-refractivity contribution >= 4 is 41.5 Å². The smallest absolute Gasteiger partial charge is 0.326 e. The maximum atomic E-state index is 12.8. The third-order valence-corrected chi connectivity index (χ3v) is 7.67. The van der Waals surface area contributed by atoms with Gasteiger partial charge < -0.3 is 48.1 Å². The molecule has 0 heterocycles. The maximum Gasteiger partial charge on any atom is 0.326 e. The number of nitrogens with zero attached hydrogens (tertiary/aromatic N) is 1. The lowest BCUT2D eigenvalue weighted by Crippen LogP contribution is -2.58. The van der Waals surface area contributed by atoms with E-state index >= 15 is 0 Å². The molecule has 276 valence electrons. The molecule has 0 aromatic heterocycles. The number of hydrogen-bond donors (Lipinski definition) is 9. The van der Waals surface area contributed by atoms with Crippen molar-refractivity contribution in [3.8, 4) is 0 Å². The fraction of sp³-hybridized carbons (Fsp3) is 0.781. The first-order valence-corrected chi connectivity index (χ1v) is 17.1. The van der Waals surface area contributed by atoms with Gasteiger partial charge in [-0.15, -0.1) is 0 Å². The minimum Gasteiger partial charge on any atom is -0.481 e. The minimum atomic E-state index is -1.66. The largest absolute Gasteiger partial charge is 0.481 e. The Kier molecular flexibility index (Phi) is 24.8. The molecule has 16 heteroatoms. The summed E-state index contributed by atoms with van der Waals surface area (Å²) in [5.74, 6) is -6.29. The van der Waals surface area contributed by atoms with Crippen molar-refractivity contribution in [1.29, 1.82) is 0 Å². The van der Waals surface area contributed by atoms with E-state index in [-0.39, 0.29) is 31.8 Å². The first kappa shape index (κ1) is 44.0. The van der Waals surface area contributed by atoms with E-state index in [1.54, 1.807) is 0 Å². The molecule has 0 saturated heterocycles. The summed E-state index contributed by atoms with van der Waals surface area (Å²) in [4.78, 5) is 77.3. The van der Waals surface area contributed by atoms with Crippen molar-refractivity contribution < 1.29 is 44.1 Å². The molecule has 16 nitrogen and oxygen atoms in total. The number of rotatable bonds is 29. The molecule has 0 fully saturated rings. The van der Waals surface area contributed by atoms with Crippen molar-refractivity contribution in [2.75, 3.05) is 13.2 Å². The van der Waals surface area contributed by atoms with Crippen LogP contribution in [0.15, 0.2) is 4.99 Å². The second-order valence-corrected chi connectivity index (χ2v) is 12.0. The van der Waals surface area contributed by atoms with Gasteiger partial charge in [-0.25, -0.2) is 4.79 Å². The normalized spacial score (nSPS) is 13.3. The molecule has 0 aromatic carbocycles. The predicted octanol–water partition coefficient (Wildman–Crippen LogP) is 1.03. The highest BCUT2D eigenvalue weighted by Crippen LogP contribution is 2.13. The number of aliphatic hydroxyl groups is 1. The maximum absolute atomic E-state index is 12.8. The van der Waals surface area contributed by atoms with Crippen molar-refractivity contribution in [2.24, 2.45) is 16.5 Å². The molecule has 0 aliphatic heterocycles. The first-order chi connectivity index (χ1) is 22.8. The van der Waals surface area contributed by atoms with Gasteiger partial charge in [0.05, 0.1) is 13.0 Å². The molecule has 0 aliphatic carbocycles. The predicted molar refractivity (Wildman–Crippen MR) is 181 cm³/mol. The second kappa shape index (κ2) is 27.0. The summed E-state index contributed by atoms with van der Waals surface area (Å²) < 4.78 is 0. The molecule has 4 amide bonds. The molecule has 0 aliphatic rings. The molecular weight excluding hydrogens is 626 g/mol. The first-order valence-electron chi connectivity index (χ1n) is 17.1. The number of nitrogens with two attached hydrogens (primary N) is 2. The summed E-state index contributed by atoms with van der Waals surface area (Å²) in [5.41, 5.74) is 10.5. The second-order valence-electron chi connectivity index (χ2n) is 12.0. The van der Waals surface area contributed by atoms with E-state index in [9.17, 15) is 44.1 Å². The Morgan fingerprint density at radius 1 is 0.646 bits per heavy atom. The number of carboxylic acid groups (broad SMARTS) is 2. The molecule has 0 radical (unpaired) electrons. The van der Waals surface area contributed by atoms with Crippen molar-refractivity contribution in [3.63, 3.8) is 0 Å². The molecule has 0 rings (SSSR count). The van der Waals surface area contributed by atoms with Crippen LogP contribution in [0.3, 0.4) is 0 Å². The number of carbonyl (C=O) groups excluding carboxylic acids is 4. The summed E-state index contributed by atoms with van der Waals surface area (Å²) >= 11 is 0. The standard InChI is InChI=1S/C32H59N7O9/c1-3-4-5-6-7-8-9-10-11-12-13-14-15-18-26(41)37-25(21-40)30(46)39-24(20-27(42)43)29(45)36-22(2)28(44)38-23(31(47)48)17-16-19-35-32(33)34/h22-25,40H,3-21H2,1-2H3,(H,36,45)(H,37,41)(H,38,44)(H,39,46)(H,42,43)(H,47,48)(H4,33,34,35)/t22-,23-,24-,25-/m0/s1. The fourth-order valence-electron chi connectivity index (χ4n) is 4.86. The quantitative estimate of drug-likeness (QED) is 0.0305. The number of hydrogen-bond acceptors (Lipinski definition) is 8. The van der Waals surface area contributed by atoms with Gasteiger partial charge in [0.15, 0.2) is 5.96 Å². The minimum absolute atomic E-state index is 0.0101. The Hall–Kier alpha value is -3.95. The Balaban J connectivity index is 4.72. The number of carbonyl (C=O) groups is 6. The van der Waals surface area contributed by atoms with Crippen LogP contribution in [0.4, 0.5) is 0 Å². The average molecular weight is 686 g/mol. The molecule has 0 bridgehead atoms. The van der Waals surface area contributed by atoms with Crippen LogP contribution in [0.5, 0.6) is 0 Å². The topological polar surface area (TPSA) is 276 Å². The number of amides is 4. The summed E-state index contributed by atoms with van der Waals surface area (Å²) in [6, 6.07) is -5.71. The molecule has 48 heavy (non-hydrogen) atoms. The Morgan fingerprint density at radius 3 is 1.62 bits per heavy atom. The number of aliphatic imine (C=N–C) groups is 1. The van der Waals surface area contributed by atoms with Gasteiger partial charge in [0.25, 0.3) is 0 Å². The summed E-state index contributed by atoms with van der Waals surface area (Å²) in [6.07, 6.45) is 14.4. The van der Waals surface area contributed by atoms with Crippen LogP contribution in [-0.2, 0) is 28.8 Å². The highest BCUT2D eigenvalue weighted by Gasteiger charge is 2.30. The lowest BCUT2D eigenvalue weighted by atomic mass is 10.0. The number of aliphatic carboxylic acids is 2. The summed E-state index contributed by atoms with van der Waals surface area (Å²) in [7, 11) is 0. The third-order valence-electron chi connectivity index (χ3n) is 7.67. The van der Waals surface area contributed by atoms with Crippen LogP contribution in [0.1, 0.15) is 123 Å². The van der Waals surface area contributed by atoms with Gasteiger partial charge in [0, 0.05) is 13.0 Å². The molecular formula is C32H59N7O9. The highest BCUT2D eigenvalue weighted by molar-refractivity contribution is 5.96. The summed E-state index contributed by atoms with van der Waals surface area (Å²) in [5, 5.41) is 37.5. The van der Waals surface area contributed by atoms with E-state index in [4.69, 9.17) is 11.5 Å². The average Bonchev–Trinajstić information content (AvgIpc) is 3.02. The van der Waals surface area contributed by atoms with Crippen LogP contribution in [0.2, 0.25) is 0 Å². The third kappa shape index (κ3) is 22.6. The Bertz CT molecular complexity index is 1020. The number of nitrogens with one attached hydrogen (secondary N) is 4. The molecule has 11 N–H and O–H groups in total. The van der Waals surface area contributed by atoms with E-state index in [2.05, 4.69) is 33.2 Å². The van der Waals surface area contributed by atoms with Crippen molar-refractivity contribution in [3.05, 3.63) is 0 Å². The van der Waals surface area contributed by atoms with Gasteiger partial charge in [0.2, 0.25) is 23.6 Å². The monoisotopic (exact) mass is 685 g/mol. The van der Waals surface area contributed by atoms with E-state index < -0.39 is 72.8 Å². The van der Waals surface area contributed by atoms with Gasteiger partial charge in [-0.2, -0.15) is 0 Å². The van der Waals surface area contributed by atoms with Crippen molar-refractivity contribution in [2.45, 2.75) is 147 Å². The lowest BCUT2D eigenvalue weighted by molar-refractivity contribution is -0.143. The van der Waals surface area contributed by atoms with Crippen LogP contribution >= 0.6 is 0 Å². The zero-order valence-corrected chi connectivity index (χ0v) is 28.6. The van der Waals surface area contributed by atoms with Gasteiger partial charge in [-0.05, 0) is 26.2 Å². The van der Waals surface area contributed by atoms with E-state index in [0.29, 0.717) is 6.42 Å². The zero-order chi connectivity index (χ0) is 36.3. The van der Waals surface area contributed by atoms with Crippen LogP contribution in [0, 0.1) is 0 Å². The van der Waals surface area contributed by atoms with Gasteiger partial charge in [-0.1, -0.05) is 84.0 Å². The zero-order valence-electron chi connectivity index (χ0n) is 28.6.